The van der Waals surface area contributed by atoms with Gasteiger partial charge >= 0.3 is 0 Å². The number of nitrogens with one attached hydrogen (secondary N) is 2. The number of aliphatic hydroxyl groups excluding tert-OH is 1. The maximum atomic E-state index is 11.6. The van der Waals surface area contributed by atoms with E-state index in [4.69, 9.17) is 4.74 Å². The zero-order valence-electron chi connectivity index (χ0n) is 11.6. The number of anilines is 2. The Morgan fingerprint density at radius 2 is 1.90 bits per heavy atom. The van der Waals surface area contributed by atoms with Crippen LogP contribution in [0.15, 0.2) is 18.2 Å². The molecule has 3 N–H and O–H groups in total. The molecular weight excluding hydrogens is 272 g/mol. The molecular formula is C15H18N2O4. The molecule has 0 spiro atoms. The molecule has 112 valence electrons. The van der Waals surface area contributed by atoms with E-state index < -0.39 is 6.10 Å². The summed E-state index contributed by atoms with van der Waals surface area (Å²) in [4.78, 5) is 23.1. The third kappa shape index (κ3) is 3.06. The third-order valence-corrected chi connectivity index (χ3v) is 3.82. The lowest BCUT2D eigenvalue weighted by Crippen LogP contribution is -2.26. The van der Waals surface area contributed by atoms with Crippen LogP contribution in [0.1, 0.15) is 37.4 Å². The van der Waals surface area contributed by atoms with Gasteiger partial charge in [-0.3, -0.25) is 9.59 Å². The van der Waals surface area contributed by atoms with Gasteiger partial charge in [-0.2, -0.15) is 0 Å². The minimum atomic E-state index is -0.730. The van der Waals surface area contributed by atoms with Crippen molar-refractivity contribution in [2.75, 3.05) is 17.2 Å². The smallest absolute Gasteiger partial charge is 0.233 e. The van der Waals surface area contributed by atoms with E-state index in [-0.39, 0.29) is 24.3 Å². The van der Waals surface area contributed by atoms with Crippen molar-refractivity contribution in [3.05, 3.63) is 23.8 Å². The van der Waals surface area contributed by atoms with Crippen LogP contribution in [0.4, 0.5) is 11.4 Å². The second kappa shape index (κ2) is 5.83. The lowest BCUT2D eigenvalue weighted by molar-refractivity contribution is -0.123. The number of benzene rings is 1. The second-order valence-corrected chi connectivity index (χ2v) is 5.43. The molecule has 6 nitrogen and oxygen atoms in total. The van der Waals surface area contributed by atoms with E-state index in [1.54, 1.807) is 18.2 Å². The highest BCUT2D eigenvalue weighted by molar-refractivity contribution is 6.13. The molecule has 0 aliphatic carbocycles. The van der Waals surface area contributed by atoms with Crippen LogP contribution >= 0.6 is 0 Å². The largest absolute Gasteiger partial charge is 0.386 e. The maximum Gasteiger partial charge on any atom is 0.233 e. The van der Waals surface area contributed by atoms with Gasteiger partial charge in [0.25, 0.3) is 0 Å². The number of amides is 2. The summed E-state index contributed by atoms with van der Waals surface area (Å²) < 4.78 is 5.59. The first-order chi connectivity index (χ1) is 10.1. The Labute approximate surface area is 122 Å². The van der Waals surface area contributed by atoms with E-state index in [0.717, 1.165) is 19.3 Å². The number of aliphatic hydroxyl groups is 1. The zero-order chi connectivity index (χ0) is 14.8. The number of hydrogen-bond acceptors (Lipinski definition) is 4. The number of carbonyl (C=O) groups is 2. The topological polar surface area (TPSA) is 87.7 Å². The average molecular weight is 290 g/mol. The van der Waals surface area contributed by atoms with E-state index in [1.807, 2.05) is 0 Å². The summed E-state index contributed by atoms with van der Waals surface area (Å²) in [5.74, 6) is -0.693. The quantitative estimate of drug-likeness (QED) is 0.721. The Morgan fingerprint density at radius 1 is 1.14 bits per heavy atom. The monoisotopic (exact) mass is 290 g/mol. The predicted molar refractivity (Wildman–Crippen MR) is 76.9 cm³/mol. The van der Waals surface area contributed by atoms with Crippen molar-refractivity contribution in [3.8, 4) is 0 Å². The normalized spacial score (nSPS) is 23.6. The van der Waals surface area contributed by atoms with Crippen molar-refractivity contribution < 1.29 is 19.4 Å². The fourth-order valence-electron chi connectivity index (χ4n) is 2.72. The van der Waals surface area contributed by atoms with Crippen molar-refractivity contribution in [1.29, 1.82) is 0 Å². The highest BCUT2D eigenvalue weighted by Crippen LogP contribution is 2.32. The molecule has 0 radical (unpaired) electrons. The van der Waals surface area contributed by atoms with Gasteiger partial charge in [-0.05, 0) is 37.0 Å². The summed E-state index contributed by atoms with van der Waals surface area (Å²) in [5.41, 5.74) is 1.74. The first-order valence-corrected chi connectivity index (χ1v) is 7.17. The SMILES string of the molecule is O=C1CC(=O)Nc2cc(C(O)C3CCCCO3)ccc2N1. The van der Waals surface area contributed by atoms with Crippen LogP contribution in [0, 0.1) is 0 Å². The van der Waals surface area contributed by atoms with Gasteiger partial charge in [-0.25, -0.2) is 0 Å². The molecule has 1 aromatic carbocycles. The number of carbonyl (C=O) groups excluding carboxylic acids is 2. The highest BCUT2D eigenvalue weighted by atomic mass is 16.5. The van der Waals surface area contributed by atoms with Crippen LogP contribution in [0.2, 0.25) is 0 Å². The van der Waals surface area contributed by atoms with Crippen molar-refractivity contribution in [3.63, 3.8) is 0 Å². The minimum absolute atomic E-state index is 0.196. The van der Waals surface area contributed by atoms with Crippen molar-refractivity contribution in [1.82, 2.24) is 0 Å². The molecule has 2 atom stereocenters. The molecule has 2 unspecified atom stereocenters. The summed E-state index contributed by atoms with van der Waals surface area (Å²) >= 11 is 0. The number of rotatable bonds is 2. The molecule has 21 heavy (non-hydrogen) atoms. The molecule has 3 rings (SSSR count). The van der Waals surface area contributed by atoms with Crippen LogP contribution in [0.5, 0.6) is 0 Å². The Bertz CT molecular complexity index is 567. The van der Waals surface area contributed by atoms with E-state index in [1.165, 1.54) is 0 Å². The van der Waals surface area contributed by atoms with Crippen LogP contribution < -0.4 is 10.6 Å². The van der Waals surface area contributed by atoms with Gasteiger partial charge in [0.1, 0.15) is 12.5 Å². The lowest BCUT2D eigenvalue weighted by Gasteiger charge is -2.27. The van der Waals surface area contributed by atoms with Crippen molar-refractivity contribution in [2.24, 2.45) is 0 Å². The number of fused-ring (bicyclic) bond motifs is 1. The summed E-state index contributed by atoms with van der Waals surface area (Å²) in [5, 5.41) is 15.8. The average Bonchev–Trinajstić information content (AvgIpc) is 2.63. The molecule has 0 saturated carbocycles. The third-order valence-electron chi connectivity index (χ3n) is 3.82. The van der Waals surface area contributed by atoms with E-state index in [2.05, 4.69) is 10.6 Å². The molecule has 1 aromatic rings. The van der Waals surface area contributed by atoms with Crippen LogP contribution in [0.25, 0.3) is 0 Å². The van der Waals surface area contributed by atoms with Gasteiger partial charge in [0, 0.05) is 6.61 Å². The Hall–Kier alpha value is -1.92. The molecule has 2 amide bonds. The predicted octanol–water partition coefficient (Wildman–Crippen LogP) is 1.57. The van der Waals surface area contributed by atoms with Crippen LogP contribution in [-0.4, -0.2) is 29.6 Å². The summed E-state index contributed by atoms with van der Waals surface area (Å²) in [6.45, 7) is 0.666. The second-order valence-electron chi connectivity index (χ2n) is 5.43. The van der Waals surface area contributed by atoms with Crippen molar-refractivity contribution >= 4 is 23.2 Å². The first kappa shape index (κ1) is 14.0. The summed E-state index contributed by atoms with van der Waals surface area (Å²) in [7, 11) is 0. The number of ether oxygens (including phenoxy) is 1. The fraction of sp³-hybridized carbons (Fsp3) is 0.467. The standard InChI is InChI=1S/C15H18N2O4/c18-13-8-14(19)17-11-7-9(4-5-10(11)16-13)15(20)12-3-1-2-6-21-12/h4-5,7,12,15,20H,1-3,6,8H2,(H,16,18)(H,17,19). The van der Waals surface area contributed by atoms with E-state index in [0.29, 0.717) is 23.5 Å². The molecule has 0 bridgehead atoms. The molecule has 6 heteroatoms. The molecule has 2 aliphatic rings. The van der Waals surface area contributed by atoms with Crippen LogP contribution in [-0.2, 0) is 14.3 Å². The Balaban J connectivity index is 1.84. The van der Waals surface area contributed by atoms with Gasteiger partial charge < -0.3 is 20.5 Å². The van der Waals surface area contributed by atoms with Gasteiger partial charge in [-0.1, -0.05) is 6.07 Å². The first-order valence-electron chi connectivity index (χ1n) is 7.17. The fourth-order valence-corrected chi connectivity index (χ4v) is 2.72. The molecule has 2 aliphatic heterocycles. The number of hydrogen-bond donors (Lipinski definition) is 3. The minimum Gasteiger partial charge on any atom is -0.386 e. The molecule has 1 saturated heterocycles. The molecule has 1 fully saturated rings. The zero-order valence-corrected chi connectivity index (χ0v) is 11.6. The maximum absolute atomic E-state index is 11.6. The van der Waals surface area contributed by atoms with E-state index >= 15 is 0 Å². The summed E-state index contributed by atoms with van der Waals surface area (Å²) in [6, 6.07) is 5.14. The van der Waals surface area contributed by atoms with Gasteiger partial charge in [-0.15, -0.1) is 0 Å². The lowest BCUT2D eigenvalue weighted by atomic mass is 9.97. The van der Waals surface area contributed by atoms with Crippen LogP contribution in [0.3, 0.4) is 0 Å². The van der Waals surface area contributed by atoms with Crippen molar-refractivity contribution in [2.45, 2.75) is 37.9 Å². The highest BCUT2D eigenvalue weighted by Gasteiger charge is 2.25. The van der Waals surface area contributed by atoms with Gasteiger partial charge in [0.05, 0.1) is 17.5 Å². The van der Waals surface area contributed by atoms with E-state index in [9.17, 15) is 14.7 Å². The summed E-state index contributed by atoms with van der Waals surface area (Å²) in [6.07, 6.45) is 1.74. The Morgan fingerprint density at radius 3 is 2.62 bits per heavy atom. The molecule has 2 heterocycles. The van der Waals surface area contributed by atoms with Gasteiger partial charge in [0.2, 0.25) is 11.8 Å². The molecule has 0 aromatic heterocycles. The Kier molecular flexibility index (Phi) is 3.90. The van der Waals surface area contributed by atoms with Gasteiger partial charge in [0.15, 0.2) is 0 Å².